The molecular weight excluding hydrogens is 339 g/mol. The Hall–Kier alpha value is -3.22. The van der Waals surface area contributed by atoms with E-state index in [9.17, 15) is 18.8 Å². The second-order valence-corrected chi connectivity index (χ2v) is 5.79. The summed E-state index contributed by atoms with van der Waals surface area (Å²) in [6, 6.07) is 11.7. The fraction of sp³-hybridized carbons (Fsp3) is 0.211. The summed E-state index contributed by atoms with van der Waals surface area (Å²) in [7, 11) is 0. The Bertz CT molecular complexity index is 778. The SMILES string of the molecule is CC(NC(=O)C(Cc1ccc(F)cc1)NC(=O)c1ccccc1)C(=O)O. The van der Waals surface area contributed by atoms with E-state index in [2.05, 4.69) is 10.6 Å². The Morgan fingerprint density at radius 1 is 1.00 bits per heavy atom. The average Bonchev–Trinajstić information content (AvgIpc) is 2.63. The van der Waals surface area contributed by atoms with Gasteiger partial charge in [0.2, 0.25) is 5.91 Å². The maximum atomic E-state index is 13.1. The highest BCUT2D eigenvalue weighted by Gasteiger charge is 2.25. The number of hydrogen-bond acceptors (Lipinski definition) is 3. The molecule has 0 radical (unpaired) electrons. The molecule has 136 valence electrons. The summed E-state index contributed by atoms with van der Waals surface area (Å²) in [5, 5.41) is 13.9. The van der Waals surface area contributed by atoms with Gasteiger partial charge >= 0.3 is 5.97 Å². The van der Waals surface area contributed by atoms with Crippen LogP contribution in [0.3, 0.4) is 0 Å². The van der Waals surface area contributed by atoms with Crippen molar-refractivity contribution < 1.29 is 23.9 Å². The van der Waals surface area contributed by atoms with E-state index in [1.165, 1.54) is 31.2 Å². The molecule has 2 atom stereocenters. The Morgan fingerprint density at radius 2 is 1.62 bits per heavy atom. The molecular formula is C19H19FN2O4. The lowest BCUT2D eigenvalue weighted by molar-refractivity contribution is -0.141. The zero-order chi connectivity index (χ0) is 19.1. The van der Waals surface area contributed by atoms with Crippen LogP contribution in [0.15, 0.2) is 54.6 Å². The van der Waals surface area contributed by atoms with E-state index in [0.717, 1.165) is 0 Å². The monoisotopic (exact) mass is 358 g/mol. The Labute approximate surface area is 150 Å². The van der Waals surface area contributed by atoms with Crippen molar-refractivity contribution in [1.29, 1.82) is 0 Å². The molecule has 7 heteroatoms. The highest BCUT2D eigenvalue weighted by molar-refractivity contribution is 5.98. The first-order valence-corrected chi connectivity index (χ1v) is 8.00. The van der Waals surface area contributed by atoms with Gasteiger partial charge in [-0.05, 0) is 36.8 Å². The average molecular weight is 358 g/mol. The zero-order valence-electron chi connectivity index (χ0n) is 14.1. The summed E-state index contributed by atoms with van der Waals surface area (Å²) >= 11 is 0. The summed E-state index contributed by atoms with van der Waals surface area (Å²) < 4.78 is 13.1. The fourth-order valence-electron chi connectivity index (χ4n) is 2.27. The van der Waals surface area contributed by atoms with Gasteiger partial charge < -0.3 is 15.7 Å². The molecule has 0 fully saturated rings. The number of carbonyl (C=O) groups is 3. The predicted molar refractivity (Wildman–Crippen MR) is 93.0 cm³/mol. The summed E-state index contributed by atoms with van der Waals surface area (Å²) in [6.07, 6.45) is 0.0943. The van der Waals surface area contributed by atoms with Crippen molar-refractivity contribution in [2.75, 3.05) is 0 Å². The Morgan fingerprint density at radius 3 is 2.19 bits per heavy atom. The number of amides is 2. The topological polar surface area (TPSA) is 95.5 Å². The molecule has 2 aromatic carbocycles. The third-order valence-corrected chi connectivity index (χ3v) is 3.74. The van der Waals surface area contributed by atoms with Gasteiger partial charge in [-0.2, -0.15) is 0 Å². The van der Waals surface area contributed by atoms with Gasteiger partial charge in [-0.3, -0.25) is 14.4 Å². The number of rotatable bonds is 7. The smallest absolute Gasteiger partial charge is 0.325 e. The molecule has 0 saturated heterocycles. The van der Waals surface area contributed by atoms with Crippen LogP contribution in [0.4, 0.5) is 4.39 Å². The largest absolute Gasteiger partial charge is 0.480 e. The van der Waals surface area contributed by atoms with Crippen molar-refractivity contribution in [1.82, 2.24) is 10.6 Å². The first kappa shape index (κ1) is 19.1. The van der Waals surface area contributed by atoms with Crippen molar-refractivity contribution in [3.8, 4) is 0 Å². The van der Waals surface area contributed by atoms with Gasteiger partial charge in [0.1, 0.15) is 17.9 Å². The minimum absolute atomic E-state index is 0.0943. The molecule has 0 aromatic heterocycles. The lowest BCUT2D eigenvalue weighted by Crippen LogP contribution is -2.51. The second-order valence-electron chi connectivity index (χ2n) is 5.79. The number of hydrogen-bond donors (Lipinski definition) is 3. The zero-order valence-corrected chi connectivity index (χ0v) is 14.1. The Balaban J connectivity index is 2.17. The van der Waals surface area contributed by atoms with Crippen LogP contribution in [0, 0.1) is 5.82 Å². The van der Waals surface area contributed by atoms with Crippen LogP contribution in [-0.4, -0.2) is 35.0 Å². The molecule has 0 saturated carbocycles. The molecule has 0 heterocycles. The van der Waals surface area contributed by atoms with Gasteiger partial charge in [-0.1, -0.05) is 30.3 Å². The summed E-state index contributed by atoms with van der Waals surface area (Å²) in [6.45, 7) is 1.33. The summed E-state index contributed by atoms with van der Waals surface area (Å²) in [5.74, 6) is -2.69. The van der Waals surface area contributed by atoms with Crippen LogP contribution < -0.4 is 10.6 Å². The number of carboxylic acid groups (broad SMARTS) is 1. The number of benzene rings is 2. The van der Waals surface area contributed by atoms with Gasteiger partial charge in [-0.25, -0.2) is 4.39 Å². The first-order valence-electron chi connectivity index (χ1n) is 8.00. The lowest BCUT2D eigenvalue weighted by atomic mass is 10.0. The minimum atomic E-state index is -1.19. The van der Waals surface area contributed by atoms with E-state index in [1.54, 1.807) is 30.3 Å². The molecule has 26 heavy (non-hydrogen) atoms. The van der Waals surface area contributed by atoms with E-state index in [1.807, 2.05) is 0 Å². The maximum absolute atomic E-state index is 13.1. The normalized spacial score (nSPS) is 12.7. The first-order chi connectivity index (χ1) is 12.4. The molecule has 6 nitrogen and oxygen atoms in total. The van der Waals surface area contributed by atoms with Crippen LogP contribution in [0.5, 0.6) is 0 Å². The standard InChI is InChI=1S/C19H19FN2O4/c1-12(19(25)26)21-18(24)16(11-13-7-9-15(20)10-8-13)22-17(23)14-5-3-2-4-6-14/h2-10,12,16H,11H2,1H3,(H,21,24)(H,22,23)(H,25,26). The second kappa shape index (κ2) is 8.75. The molecule has 2 amide bonds. The van der Waals surface area contributed by atoms with Crippen molar-refractivity contribution >= 4 is 17.8 Å². The van der Waals surface area contributed by atoms with Crippen LogP contribution in [0.2, 0.25) is 0 Å². The van der Waals surface area contributed by atoms with Crippen molar-refractivity contribution in [3.05, 3.63) is 71.5 Å². The van der Waals surface area contributed by atoms with Crippen LogP contribution in [0.25, 0.3) is 0 Å². The molecule has 0 aliphatic carbocycles. The number of halogens is 1. The quantitative estimate of drug-likeness (QED) is 0.703. The molecule has 3 N–H and O–H groups in total. The molecule has 0 spiro atoms. The molecule has 0 aliphatic rings. The summed E-state index contributed by atoms with van der Waals surface area (Å²) in [4.78, 5) is 35.7. The van der Waals surface area contributed by atoms with Gasteiger partial charge in [0.15, 0.2) is 0 Å². The number of aliphatic carboxylic acids is 1. The fourth-order valence-corrected chi connectivity index (χ4v) is 2.27. The van der Waals surface area contributed by atoms with Crippen LogP contribution >= 0.6 is 0 Å². The van der Waals surface area contributed by atoms with E-state index in [-0.39, 0.29) is 6.42 Å². The van der Waals surface area contributed by atoms with Crippen molar-refractivity contribution in [2.24, 2.45) is 0 Å². The molecule has 2 rings (SSSR count). The van der Waals surface area contributed by atoms with Crippen molar-refractivity contribution in [2.45, 2.75) is 25.4 Å². The van der Waals surface area contributed by atoms with E-state index < -0.39 is 35.7 Å². The molecule has 0 bridgehead atoms. The highest BCUT2D eigenvalue weighted by atomic mass is 19.1. The van der Waals surface area contributed by atoms with Crippen molar-refractivity contribution in [3.63, 3.8) is 0 Å². The maximum Gasteiger partial charge on any atom is 0.325 e. The van der Waals surface area contributed by atoms with Gasteiger partial charge in [0.05, 0.1) is 0 Å². The third-order valence-electron chi connectivity index (χ3n) is 3.74. The third kappa shape index (κ3) is 5.41. The van der Waals surface area contributed by atoms with Gasteiger partial charge in [0.25, 0.3) is 5.91 Å². The molecule has 2 unspecified atom stereocenters. The van der Waals surface area contributed by atoms with E-state index in [4.69, 9.17) is 5.11 Å². The van der Waals surface area contributed by atoms with Crippen LogP contribution in [0.1, 0.15) is 22.8 Å². The summed E-state index contributed by atoms with van der Waals surface area (Å²) in [5.41, 5.74) is 0.999. The lowest BCUT2D eigenvalue weighted by Gasteiger charge is -2.20. The Kier molecular flexibility index (Phi) is 6.43. The van der Waals surface area contributed by atoms with E-state index in [0.29, 0.717) is 11.1 Å². The number of carboxylic acids is 1. The number of nitrogens with one attached hydrogen (secondary N) is 2. The minimum Gasteiger partial charge on any atom is -0.480 e. The number of carbonyl (C=O) groups excluding carboxylic acids is 2. The van der Waals surface area contributed by atoms with Crippen LogP contribution in [-0.2, 0) is 16.0 Å². The highest BCUT2D eigenvalue weighted by Crippen LogP contribution is 2.08. The van der Waals surface area contributed by atoms with E-state index >= 15 is 0 Å². The molecule has 0 aliphatic heterocycles. The van der Waals surface area contributed by atoms with Gasteiger partial charge in [0, 0.05) is 12.0 Å². The van der Waals surface area contributed by atoms with Gasteiger partial charge in [-0.15, -0.1) is 0 Å². The predicted octanol–water partition coefficient (Wildman–Crippen LogP) is 1.76. The molecule has 2 aromatic rings.